The van der Waals surface area contributed by atoms with Crippen molar-refractivity contribution in [3.8, 4) is 0 Å². The van der Waals surface area contributed by atoms with Crippen LogP contribution in [0, 0.1) is 11.3 Å². The fourth-order valence-electron chi connectivity index (χ4n) is 3.73. The maximum Gasteiger partial charge on any atom is 0.0720 e. The van der Waals surface area contributed by atoms with Crippen LogP contribution in [-0.4, -0.2) is 18.2 Å². The van der Waals surface area contributed by atoms with Crippen molar-refractivity contribution in [2.45, 2.75) is 64.6 Å². The molecule has 15 heavy (non-hydrogen) atoms. The van der Waals surface area contributed by atoms with Gasteiger partial charge in [-0.2, -0.15) is 0 Å². The lowest BCUT2D eigenvalue weighted by Crippen LogP contribution is -2.41. The molecule has 0 aromatic rings. The van der Waals surface area contributed by atoms with Crippen LogP contribution in [0.3, 0.4) is 0 Å². The van der Waals surface area contributed by atoms with Gasteiger partial charge in [0.15, 0.2) is 0 Å². The summed E-state index contributed by atoms with van der Waals surface area (Å²) in [5.41, 5.74) is 6.27. The van der Waals surface area contributed by atoms with Crippen LogP contribution >= 0.6 is 0 Å². The van der Waals surface area contributed by atoms with Crippen molar-refractivity contribution in [3.63, 3.8) is 0 Å². The minimum Gasteiger partial charge on any atom is -0.370 e. The summed E-state index contributed by atoms with van der Waals surface area (Å²) < 4.78 is 6.27. The van der Waals surface area contributed by atoms with Gasteiger partial charge in [-0.25, -0.2) is 0 Å². The smallest absolute Gasteiger partial charge is 0.0720 e. The van der Waals surface area contributed by atoms with Crippen LogP contribution in [0.15, 0.2) is 0 Å². The van der Waals surface area contributed by atoms with Gasteiger partial charge in [-0.05, 0) is 37.0 Å². The summed E-state index contributed by atoms with van der Waals surface area (Å²) >= 11 is 0. The molecule has 1 aliphatic carbocycles. The highest BCUT2D eigenvalue weighted by atomic mass is 16.5. The van der Waals surface area contributed by atoms with E-state index in [2.05, 4.69) is 20.8 Å². The van der Waals surface area contributed by atoms with E-state index < -0.39 is 0 Å². The molecule has 3 atom stereocenters. The molecule has 1 heterocycles. The third-order valence-electron chi connectivity index (χ3n) is 4.33. The van der Waals surface area contributed by atoms with Crippen LogP contribution in [0.2, 0.25) is 0 Å². The molecule has 2 heteroatoms. The Morgan fingerprint density at radius 1 is 1.27 bits per heavy atom. The monoisotopic (exact) mass is 211 g/mol. The van der Waals surface area contributed by atoms with Crippen LogP contribution in [-0.2, 0) is 4.74 Å². The average molecular weight is 211 g/mol. The maximum absolute atomic E-state index is 6.27. The molecule has 1 spiro atoms. The molecule has 1 aliphatic heterocycles. The highest BCUT2D eigenvalue weighted by molar-refractivity contribution is 5.02. The van der Waals surface area contributed by atoms with E-state index in [0.717, 1.165) is 5.92 Å². The minimum atomic E-state index is 0.183. The van der Waals surface area contributed by atoms with E-state index in [0.29, 0.717) is 18.1 Å². The van der Waals surface area contributed by atoms with Gasteiger partial charge >= 0.3 is 0 Å². The van der Waals surface area contributed by atoms with Crippen LogP contribution in [0.5, 0.6) is 0 Å². The molecule has 0 aromatic carbocycles. The molecule has 0 bridgehead atoms. The third-order valence-corrected chi connectivity index (χ3v) is 4.33. The molecule has 2 aliphatic rings. The fraction of sp³-hybridized carbons (Fsp3) is 1.00. The summed E-state index contributed by atoms with van der Waals surface area (Å²) in [5.74, 6) is 0.724. The van der Waals surface area contributed by atoms with Gasteiger partial charge in [0.25, 0.3) is 0 Å². The molecule has 88 valence electrons. The molecule has 0 unspecified atom stereocenters. The van der Waals surface area contributed by atoms with Gasteiger partial charge in [-0.3, -0.25) is 0 Å². The zero-order valence-corrected chi connectivity index (χ0v) is 10.4. The van der Waals surface area contributed by atoms with Gasteiger partial charge in [0, 0.05) is 6.54 Å². The Kier molecular flexibility index (Phi) is 2.85. The normalized spacial score (nSPS) is 41.6. The summed E-state index contributed by atoms with van der Waals surface area (Å²) in [6.07, 6.45) is 6.65. The highest BCUT2D eigenvalue weighted by Gasteiger charge is 2.52. The van der Waals surface area contributed by atoms with E-state index in [1.165, 1.54) is 32.1 Å². The first kappa shape index (κ1) is 11.4. The van der Waals surface area contributed by atoms with Crippen LogP contribution < -0.4 is 5.73 Å². The van der Waals surface area contributed by atoms with Crippen molar-refractivity contribution < 1.29 is 4.74 Å². The van der Waals surface area contributed by atoms with E-state index in [1.54, 1.807) is 0 Å². The van der Waals surface area contributed by atoms with Crippen LogP contribution in [0.1, 0.15) is 52.9 Å². The highest BCUT2D eigenvalue weighted by Crippen LogP contribution is 2.53. The predicted octanol–water partition coefficient (Wildman–Crippen LogP) is 2.71. The molecule has 2 fully saturated rings. The number of rotatable bonds is 1. The van der Waals surface area contributed by atoms with Crippen molar-refractivity contribution in [1.82, 2.24) is 0 Å². The molecule has 0 aromatic heterocycles. The second-order valence-corrected chi connectivity index (χ2v) is 6.39. The standard InChI is InChI=1S/C13H25NO/c1-12(2,3)11-5-4-7-13(11)8-6-10(9-14)15-13/h10-11H,4-9,14H2,1-3H3/t10-,11+,13-/m1/s1. The van der Waals surface area contributed by atoms with Crippen molar-refractivity contribution in [1.29, 1.82) is 0 Å². The lowest BCUT2D eigenvalue weighted by Gasteiger charge is -2.40. The van der Waals surface area contributed by atoms with Gasteiger partial charge in [-0.1, -0.05) is 27.2 Å². The molecule has 0 radical (unpaired) electrons. The van der Waals surface area contributed by atoms with E-state index in [4.69, 9.17) is 10.5 Å². The molecule has 1 saturated carbocycles. The Hall–Kier alpha value is -0.0800. The summed E-state index contributed by atoms with van der Waals surface area (Å²) in [4.78, 5) is 0. The largest absolute Gasteiger partial charge is 0.370 e. The zero-order valence-electron chi connectivity index (χ0n) is 10.4. The Morgan fingerprint density at radius 3 is 2.53 bits per heavy atom. The predicted molar refractivity (Wildman–Crippen MR) is 62.7 cm³/mol. The van der Waals surface area contributed by atoms with Crippen molar-refractivity contribution in [2.75, 3.05) is 6.54 Å². The molecule has 1 saturated heterocycles. The van der Waals surface area contributed by atoms with Gasteiger partial charge in [0.2, 0.25) is 0 Å². The first-order valence-corrected chi connectivity index (χ1v) is 6.36. The summed E-state index contributed by atoms with van der Waals surface area (Å²) in [6, 6.07) is 0. The molecule has 0 amide bonds. The first-order chi connectivity index (χ1) is 6.98. The quantitative estimate of drug-likeness (QED) is 0.724. The Labute approximate surface area is 93.6 Å². The summed E-state index contributed by atoms with van der Waals surface area (Å²) in [7, 11) is 0. The molecule has 2 nitrogen and oxygen atoms in total. The SMILES string of the molecule is CC(C)(C)[C@@H]1CCC[C@@]12CC[C@H](CN)O2. The lowest BCUT2D eigenvalue weighted by atomic mass is 9.71. The number of ether oxygens (including phenoxy) is 1. The van der Waals surface area contributed by atoms with E-state index in [9.17, 15) is 0 Å². The van der Waals surface area contributed by atoms with Gasteiger partial charge in [0.05, 0.1) is 11.7 Å². The second kappa shape index (κ2) is 3.74. The number of hydrogen-bond donors (Lipinski definition) is 1. The van der Waals surface area contributed by atoms with E-state index in [-0.39, 0.29) is 5.60 Å². The molecule has 2 N–H and O–H groups in total. The topological polar surface area (TPSA) is 35.2 Å². The van der Waals surface area contributed by atoms with Crippen molar-refractivity contribution in [3.05, 3.63) is 0 Å². The Bertz CT molecular complexity index is 233. The van der Waals surface area contributed by atoms with E-state index in [1.807, 2.05) is 0 Å². The van der Waals surface area contributed by atoms with Crippen LogP contribution in [0.4, 0.5) is 0 Å². The molecule has 2 rings (SSSR count). The maximum atomic E-state index is 6.27. The first-order valence-electron chi connectivity index (χ1n) is 6.36. The van der Waals surface area contributed by atoms with Gasteiger partial charge in [-0.15, -0.1) is 0 Å². The Balaban J connectivity index is 2.14. The number of nitrogens with two attached hydrogens (primary N) is 1. The lowest BCUT2D eigenvalue weighted by molar-refractivity contribution is -0.0891. The third kappa shape index (κ3) is 1.94. The Morgan fingerprint density at radius 2 is 2.00 bits per heavy atom. The fourth-order valence-corrected chi connectivity index (χ4v) is 3.73. The number of hydrogen-bond acceptors (Lipinski definition) is 2. The second-order valence-electron chi connectivity index (χ2n) is 6.39. The van der Waals surface area contributed by atoms with Crippen molar-refractivity contribution >= 4 is 0 Å². The summed E-state index contributed by atoms with van der Waals surface area (Å²) in [5, 5.41) is 0. The minimum absolute atomic E-state index is 0.183. The molecular weight excluding hydrogens is 186 g/mol. The van der Waals surface area contributed by atoms with Crippen LogP contribution in [0.25, 0.3) is 0 Å². The average Bonchev–Trinajstić information content (AvgIpc) is 2.73. The van der Waals surface area contributed by atoms with E-state index >= 15 is 0 Å². The summed E-state index contributed by atoms with van der Waals surface area (Å²) in [6.45, 7) is 7.75. The zero-order chi connectivity index (χ0) is 11.1. The van der Waals surface area contributed by atoms with Gasteiger partial charge < -0.3 is 10.5 Å². The van der Waals surface area contributed by atoms with Crippen molar-refractivity contribution in [2.24, 2.45) is 17.1 Å². The van der Waals surface area contributed by atoms with Gasteiger partial charge in [0.1, 0.15) is 0 Å². The molecular formula is C13H25NO.